The standard InChI is InChI=1S/C9H12N2S/c1-4-7(2)11-8(3)9-5-12-6-10-9/h1,5-8,11H,2-3H3. The van der Waals surface area contributed by atoms with Crippen molar-refractivity contribution in [2.24, 2.45) is 0 Å². The van der Waals surface area contributed by atoms with Crippen LogP contribution < -0.4 is 5.32 Å². The number of rotatable bonds is 3. The smallest absolute Gasteiger partial charge is 0.0795 e. The lowest BCUT2D eigenvalue weighted by Gasteiger charge is -2.13. The molecule has 2 atom stereocenters. The van der Waals surface area contributed by atoms with E-state index in [1.165, 1.54) is 0 Å². The predicted molar refractivity (Wildman–Crippen MR) is 52.0 cm³/mol. The lowest BCUT2D eigenvalue weighted by molar-refractivity contribution is 0.537. The summed E-state index contributed by atoms with van der Waals surface area (Å²) in [5.74, 6) is 2.62. The summed E-state index contributed by atoms with van der Waals surface area (Å²) in [6, 6.07) is 0.337. The summed E-state index contributed by atoms with van der Waals surface area (Å²) in [5, 5.41) is 5.27. The summed E-state index contributed by atoms with van der Waals surface area (Å²) in [7, 11) is 0. The second-order valence-electron chi connectivity index (χ2n) is 2.69. The zero-order valence-corrected chi connectivity index (χ0v) is 8.06. The molecule has 12 heavy (non-hydrogen) atoms. The van der Waals surface area contributed by atoms with Gasteiger partial charge in [0.15, 0.2) is 0 Å². The van der Waals surface area contributed by atoms with Crippen LogP contribution in [0.4, 0.5) is 0 Å². The van der Waals surface area contributed by atoms with Gasteiger partial charge < -0.3 is 0 Å². The average molecular weight is 180 g/mol. The van der Waals surface area contributed by atoms with E-state index >= 15 is 0 Å². The number of nitrogens with one attached hydrogen (secondary N) is 1. The molecule has 0 aliphatic rings. The third-order valence-electron chi connectivity index (χ3n) is 1.65. The molecule has 0 spiro atoms. The fourth-order valence-corrected chi connectivity index (χ4v) is 1.59. The lowest BCUT2D eigenvalue weighted by atomic mass is 10.2. The van der Waals surface area contributed by atoms with Crippen LogP contribution in [0.25, 0.3) is 0 Å². The molecule has 1 heterocycles. The Bertz CT molecular complexity index is 261. The van der Waals surface area contributed by atoms with E-state index in [0.717, 1.165) is 5.69 Å². The third-order valence-corrected chi connectivity index (χ3v) is 2.25. The largest absolute Gasteiger partial charge is 0.296 e. The minimum atomic E-state index is 0.0988. The van der Waals surface area contributed by atoms with Crippen LogP contribution in [0, 0.1) is 12.3 Å². The van der Waals surface area contributed by atoms with Crippen molar-refractivity contribution in [3.63, 3.8) is 0 Å². The molecule has 2 unspecified atom stereocenters. The molecule has 1 rings (SSSR count). The highest BCUT2D eigenvalue weighted by atomic mass is 32.1. The van der Waals surface area contributed by atoms with E-state index in [1.807, 2.05) is 17.8 Å². The van der Waals surface area contributed by atoms with E-state index in [-0.39, 0.29) is 12.1 Å². The molecule has 1 aromatic heterocycles. The number of hydrogen-bond acceptors (Lipinski definition) is 3. The maximum absolute atomic E-state index is 5.24. The molecule has 2 nitrogen and oxygen atoms in total. The Morgan fingerprint density at radius 3 is 2.92 bits per heavy atom. The topological polar surface area (TPSA) is 24.9 Å². The Morgan fingerprint density at radius 2 is 2.42 bits per heavy atom. The lowest BCUT2D eigenvalue weighted by Crippen LogP contribution is -2.27. The van der Waals surface area contributed by atoms with Crippen LogP contribution >= 0.6 is 11.3 Å². The van der Waals surface area contributed by atoms with E-state index in [2.05, 4.69) is 23.1 Å². The van der Waals surface area contributed by atoms with Crippen molar-refractivity contribution >= 4 is 11.3 Å². The first-order valence-electron chi connectivity index (χ1n) is 3.84. The highest BCUT2D eigenvalue weighted by Crippen LogP contribution is 2.11. The summed E-state index contributed by atoms with van der Waals surface area (Å²) in [5.41, 5.74) is 2.88. The summed E-state index contributed by atoms with van der Waals surface area (Å²) < 4.78 is 0. The van der Waals surface area contributed by atoms with Crippen LogP contribution in [-0.2, 0) is 0 Å². The molecule has 0 saturated heterocycles. The van der Waals surface area contributed by atoms with E-state index in [1.54, 1.807) is 11.3 Å². The highest BCUT2D eigenvalue weighted by molar-refractivity contribution is 7.07. The van der Waals surface area contributed by atoms with E-state index in [0.29, 0.717) is 0 Å². The van der Waals surface area contributed by atoms with Gasteiger partial charge in [-0.25, -0.2) is 4.98 Å². The normalized spacial score (nSPS) is 15.1. The van der Waals surface area contributed by atoms with Crippen LogP contribution in [0.2, 0.25) is 0 Å². The molecule has 64 valence electrons. The molecule has 0 fully saturated rings. The van der Waals surface area contributed by atoms with Crippen molar-refractivity contribution in [3.8, 4) is 12.3 Å². The van der Waals surface area contributed by atoms with E-state index < -0.39 is 0 Å². The van der Waals surface area contributed by atoms with Gasteiger partial charge in [-0.3, -0.25) is 5.32 Å². The minimum Gasteiger partial charge on any atom is -0.296 e. The van der Waals surface area contributed by atoms with Crippen LogP contribution in [0.15, 0.2) is 10.9 Å². The van der Waals surface area contributed by atoms with Gasteiger partial charge >= 0.3 is 0 Å². The molecule has 0 aliphatic heterocycles. The number of terminal acetylenes is 1. The zero-order chi connectivity index (χ0) is 8.97. The summed E-state index contributed by atoms with van der Waals surface area (Å²) in [6.07, 6.45) is 5.24. The summed E-state index contributed by atoms with van der Waals surface area (Å²) in [4.78, 5) is 4.19. The average Bonchev–Trinajstić information content (AvgIpc) is 2.56. The van der Waals surface area contributed by atoms with Crippen molar-refractivity contribution in [1.29, 1.82) is 0 Å². The maximum atomic E-state index is 5.24. The van der Waals surface area contributed by atoms with Crippen molar-refractivity contribution in [2.75, 3.05) is 0 Å². The van der Waals surface area contributed by atoms with Crippen molar-refractivity contribution in [1.82, 2.24) is 10.3 Å². The Morgan fingerprint density at radius 1 is 1.67 bits per heavy atom. The Hall–Kier alpha value is -0.850. The van der Waals surface area contributed by atoms with E-state index in [9.17, 15) is 0 Å². The van der Waals surface area contributed by atoms with Gasteiger partial charge in [0.25, 0.3) is 0 Å². The van der Waals surface area contributed by atoms with Crippen LogP contribution in [0.3, 0.4) is 0 Å². The summed E-state index contributed by atoms with van der Waals surface area (Å²) in [6.45, 7) is 4.02. The molecule has 0 radical (unpaired) electrons. The molecule has 0 saturated carbocycles. The first-order valence-corrected chi connectivity index (χ1v) is 4.78. The van der Waals surface area contributed by atoms with Crippen molar-refractivity contribution < 1.29 is 0 Å². The van der Waals surface area contributed by atoms with E-state index in [4.69, 9.17) is 6.42 Å². The molecule has 0 bridgehead atoms. The number of thiazole rings is 1. The molecule has 1 N–H and O–H groups in total. The molecule has 3 heteroatoms. The van der Waals surface area contributed by atoms with Gasteiger partial charge in [-0.15, -0.1) is 17.8 Å². The molecular formula is C9H12N2S. The Balaban J connectivity index is 2.51. The molecular weight excluding hydrogens is 168 g/mol. The predicted octanol–water partition coefficient (Wildman–Crippen LogP) is 1.82. The Labute approximate surface area is 77.0 Å². The fourth-order valence-electron chi connectivity index (χ4n) is 0.944. The molecule has 0 amide bonds. The van der Waals surface area contributed by atoms with Crippen LogP contribution in [0.5, 0.6) is 0 Å². The second-order valence-corrected chi connectivity index (χ2v) is 3.41. The van der Waals surface area contributed by atoms with Gasteiger partial charge in [0, 0.05) is 11.4 Å². The number of nitrogens with zero attached hydrogens (tertiary/aromatic N) is 1. The number of hydrogen-bond donors (Lipinski definition) is 1. The van der Waals surface area contributed by atoms with Gasteiger partial charge in [0.2, 0.25) is 0 Å². The molecule has 1 aromatic rings. The van der Waals surface area contributed by atoms with Gasteiger partial charge in [-0.05, 0) is 13.8 Å². The summed E-state index contributed by atoms with van der Waals surface area (Å²) >= 11 is 1.60. The van der Waals surface area contributed by atoms with Crippen LogP contribution in [-0.4, -0.2) is 11.0 Å². The van der Waals surface area contributed by atoms with Crippen LogP contribution in [0.1, 0.15) is 25.6 Å². The van der Waals surface area contributed by atoms with Crippen molar-refractivity contribution in [2.45, 2.75) is 25.9 Å². The molecule has 0 aromatic carbocycles. The van der Waals surface area contributed by atoms with Crippen molar-refractivity contribution in [3.05, 3.63) is 16.6 Å². The first kappa shape index (κ1) is 9.24. The SMILES string of the molecule is C#CC(C)NC(C)c1cscn1. The monoisotopic (exact) mass is 180 g/mol. The van der Waals surface area contributed by atoms with Gasteiger partial charge in [0.1, 0.15) is 0 Å². The Kier molecular flexibility index (Phi) is 3.27. The number of aromatic nitrogens is 1. The highest BCUT2D eigenvalue weighted by Gasteiger charge is 2.08. The van der Waals surface area contributed by atoms with Gasteiger partial charge in [0.05, 0.1) is 17.2 Å². The third kappa shape index (κ3) is 2.33. The minimum absolute atomic E-state index is 0.0988. The first-order chi connectivity index (χ1) is 5.74. The van der Waals surface area contributed by atoms with Gasteiger partial charge in [-0.1, -0.05) is 5.92 Å². The fraction of sp³-hybridized carbons (Fsp3) is 0.444. The quantitative estimate of drug-likeness (QED) is 0.718. The molecule has 0 aliphatic carbocycles. The second kappa shape index (κ2) is 4.24. The van der Waals surface area contributed by atoms with Gasteiger partial charge in [-0.2, -0.15) is 0 Å². The zero-order valence-electron chi connectivity index (χ0n) is 7.24. The maximum Gasteiger partial charge on any atom is 0.0795 e.